The number of aromatic nitrogens is 2. The van der Waals surface area contributed by atoms with Crippen molar-refractivity contribution in [1.82, 2.24) is 9.78 Å². The van der Waals surface area contributed by atoms with Gasteiger partial charge in [-0.05, 0) is 29.5 Å². The lowest BCUT2D eigenvalue weighted by atomic mass is 10.4. The molecule has 1 aromatic rings. The van der Waals surface area contributed by atoms with Gasteiger partial charge in [0, 0.05) is 0 Å². The van der Waals surface area contributed by atoms with Crippen LogP contribution in [0.5, 0.6) is 0 Å². The highest BCUT2D eigenvalue weighted by Gasteiger charge is 2.17. The number of hydrogen-bond donors (Lipinski definition) is 1. The molecular formula is C8H9IN2O2. The Labute approximate surface area is 89.4 Å². The number of carboxylic acid groups (broad SMARTS) is 1. The highest BCUT2D eigenvalue weighted by atomic mass is 127. The molecule has 0 aliphatic carbocycles. The van der Waals surface area contributed by atoms with Crippen molar-refractivity contribution < 1.29 is 9.90 Å². The van der Waals surface area contributed by atoms with E-state index >= 15 is 0 Å². The molecule has 0 amide bonds. The lowest BCUT2D eigenvalue weighted by molar-refractivity contribution is 0.0683. The van der Waals surface area contributed by atoms with Crippen molar-refractivity contribution in [2.24, 2.45) is 0 Å². The maximum absolute atomic E-state index is 10.8. The molecule has 4 nitrogen and oxygen atoms in total. The van der Waals surface area contributed by atoms with Gasteiger partial charge >= 0.3 is 5.97 Å². The minimum atomic E-state index is -0.952. The lowest BCUT2D eigenvalue weighted by Gasteiger charge is -1.98. The smallest absolute Gasteiger partial charge is 0.355 e. The number of nitrogens with zero attached hydrogens (tertiary/aromatic N) is 2. The average Bonchev–Trinajstić information content (AvgIpc) is 2.28. The van der Waals surface area contributed by atoms with Crippen LogP contribution in [0.15, 0.2) is 12.7 Å². The van der Waals surface area contributed by atoms with Gasteiger partial charge in [-0.1, -0.05) is 6.08 Å². The Balaban J connectivity index is 3.26. The van der Waals surface area contributed by atoms with Gasteiger partial charge in [0.25, 0.3) is 0 Å². The molecule has 1 heterocycles. The second kappa shape index (κ2) is 3.91. The third kappa shape index (κ3) is 1.90. The molecule has 5 heteroatoms. The van der Waals surface area contributed by atoms with Gasteiger partial charge in [0.05, 0.1) is 15.8 Å². The molecule has 0 radical (unpaired) electrons. The quantitative estimate of drug-likeness (QED) is 0.681. The Bertz CT molecular complexity index is 357. The predicted molar refractivity (Wildman–Crippen MR) is 56.8 cm³/mol. The van der Waals surface area contributed by atoms with Gasteiger partial charge in [-0.3, -0.25) is 4.68 Å². The summed E-state index contributed by atoms with van der Waals surface area (Å²) < 4.78 is 2.12. The van der Waals surface area contributed by atoms with Crippen molar-refractivity contribution in [2.75, 3.05) is 0 Å². The van der Waals surface area contributed by atoms with Crippen LogP contribution in [0.25, 0.3) is 0 Å². The SMILES string of the molecule is C=CCn1nc(C)c(I)c1C(=O)O. The summed E-state index contributed by atoms with van der Waals surface area (Å²) in [5.74, 6) is -0.952. The van der Waals surface area contributed by atoms with E-state index in [4.69, 9.17) is 5.11 Å². The zero-order valence-corrected chi connectivity index (χ0v) is 9.28. The fourth-order valence-corrected chi connectivity index (χ4v) is 1.64. The van der Waals surface area contributed by atoms with E-state index in [0.29, 0.717) is 10.1 Å². The van der Waals surface area contributed by atoms with E-state index in [9.17, 15) is 4.79 Å². The molecule has 1 rings (SSSR count). The number of aromatic carboxylic acids is 1. The van der Waals surface area contributed by atoms with Crippen molar-refractivity contribution >= 4 is 28.6 Å². The molecule has 0 aliphatic rings. The second-order valence-corrected chi connectivity index (χ2v) is 3.60. The molecule has 0 saturated heterocycles. The van der Waals surface area contributed by atoms with Gasteiger partial charge in [0.2, 0.25) is 0 Å². The Morgan fingerprint density at radius 1 is 1.85 bits per heavy atom. The van der Waals surface area contributed by atoms with Crippen LogP contribution in [0.1, 0.15) is 16.2 Å². The van der Waals surface area contributed by atoms with E-state index in [-0.39, 0.29) is 5.69 Å². The first-order chi connectivity index (χ1) is 6.07. The first-order valence-electron chi connectivity index (χ1n) is 3.65. The van der Waals surface area contributed by atoms with Crippen LogP contribution in [-0.2, 0) is 6.54 Å². The molecule has 0 fully saturated rings. The van der Waals surface area contributed by atoms with Gasteiger partial charge < -0.3 is 5.11 Å². The van der Waals surface area contributed by atoms with Crippen molar-refractivity contribution in [1.29, 1.82) is 0 Å². The van der Waals surface area contributed by atoms with E-state index in [1.54, 1.807) is 13.0 Å². The Morgan fingerprint density at radius 3 is 2.92 bits per heavy atom. The van der Waals surface area contributed by atoms with Crippen LogP contribution in [0.2, 0.25) is 0 Å². The third-order valence-electron chi connectivity index (χ3n) is 1.56. The summed E-state index contributed by atoms with van der Waals surface area (Å²) in [5, 5.41) is 13.0. The maximum Gasteiger partial charge on any atom is 0.355 e. The summed E-state index contributed by atoms with van der Waals surface area (Å²) in [6, 6.07) is 0. The molecule has 0 bridgehead atoms. The number of carboxylic acids is 1. The third-order valence-corrected chi connectivity index (χ3v) is 2.85. The summed E-state index contributed by atoms with van der Waals surface area (Å²) in [4.78, 5) is 10.8. The first-order valence-corrected chi connectivity index (χ1v) is 4.73. The van der Waals surface area contributed by atoms with Crippen molar-refractivity contribution in [3.8, 4) is 0 Å². The standard InChI is InChI=1S/C8H9IN2O2/c1-3-4-11-7(8(12)13)6(9)5(2)10-11/h3H,1,4H2,2H3,(H,12,13). The van der Waals surface area contributed by atoms with Crippen molar-refractivity contribution in [2.45, 2.75) is 13.5 Å². The molecule has 0 saturated carbocycles. The summed E-state index contributed by atoms with van der Waals surface area (Å²) in [5.41, 5.74) is 0.970. The van der Waals surface area contributed by atoms with Gasteiger partial charge in [0.1, 0.15) is 0 Å². The van der Waals surface area contributed by atoms with Crippen molar-refractivity contribution in [3.05, 3.63) is 27.6 Å². The van der Waals surface area contributed by atoms with Crippen LogP contribution in [0.3, 0.4) is 0 Å². The van der Waals surface area contributed by atoms with E-state index in [1.165, 1.54) is 4.68 Å². The summed E-state index contributed by atoms with van der Waals surface area (Å²) >= 11 is 1.98. The van der Waals surface area contributed by atoms with Gasteiger partial charge in [-0.2, -0.15) is 5.10 Å². The number of carbonyl (C=O) groups is 1. The molecule has 1 aromatic heterocycles. The zero-order chi connectivity index (χ0) is 10.0. The summed E-state index contributed by atoms with van der Waals surface area (Å²) in [6.07, 6.45) is 1.62. The fraction of sp³-hybridized carbons (Fsp3) is 0.250. The van der Waals surface area contributed by atoms with Crippen molar-refractivity contribution in [3.63, 3.8) is 0 Å². The molecule has 0 aromatic carbocycles. The van der Waals surface area contributed by atoms with Crippen LogP contribution in [0.4, 0.5) is 0 Å². The number of halogens is 1. The molecule has 1 N–H and O–H groups in total. The maximum atomic E-state index is 10.8. The van der Waals surface area contributed by atoms with Crippen LogP contribution >= 0.6 is 22.6 Å². The molecule has 0 atom stereocenters. The first kappa shape index (κ1) is 10.2. The van der Waals surface area contributed by atoms with E-state index in [2.05, 4.69) is 11.7 Å². The van der Waals surface area contributed by atoms with Gasteiger partial charge in [-0.15, -0.1) is 6.58 Å². The molecule has 0 aliphatic heterocycles. The monoisotopic (exact) mass is 292 g/mol. The minimum absolute atomic E-state index is 0.234. The highest BCUT2D eigenvalue weighted by molar-refractivity contribution is 14.1. The Morgan fingerprint density at radius 2 is 2.46 bits per heavy atom. The summed E-state index contributed by atoms with van der Waals surface area (Å²) in [7, 11) is 0. The fourth-order valence-electron chi connectivity index (χ4n) is 1.02. The van der Waals surface area contributed by atoms with Crippen LogP contribution in [0, 0.1) is 10.5 Å². The van der Waals surface area contributed by atoms with E-state index in [1.807, 2.05) is 22.6 Å². The normalized spacial score (nSPS) is 10.0. The van der Waals surface area contributed by atoms with E-state index < -0.39 is 5.97 Å². The largest absolute Gasteiger partial charge is 0.476 e. The highest BCUT2D eigenvalue weighted by Crippen LogP contribution is 2.16. The van der Waals surface area contributed by atoms with Gasteiger partial charge in [-0.25, -0.2) is 4.79 Å². The molecule has 13 heavy (non-hydrogen) atoms. The Hall–Kier alpha value is -0.850. The van der Waals surface area contributed by atoms with Crippen LogP contribution < -0.4 is 0 Å². The van der Waals surface area contributed by atoms with E-state index in [0.717, 1.165) is 5.69 Å². The Kier molecular flexibility index (Phi) is 3.07. The predicted octanol–water partition coefficient (Wildman–Crippen LogP) is 1.68. The number of aryl methyl sites for hydroxylation is 1. The lowest BCUT2D eigenvalue weighted by Crippen LogP contribution is -2.09. The zero-order valence-electron chi connectivity index (χ0n) is 7.12. The molecule has 0 spiro atoms. The molecule has 70 valence electrons. The number of allylic oxidation sites excluding steroid dienone is 1. The number of rotatable bonds is 3. The molecular weight excluding hydrogens is 283 g/mol. The summed E-state index contributed by atoms with van der Waals surface area (Å²) in [6.45, 7) is 5.75. The topological polar surface area (TPSA) is 55.1 Å². The number of hydrogen-bond acceptors (Lipinski definition) is 2. The second-order valence-electron chi connectivity index (χ2n) is 2.52. The molecule has 0 unspecified atom stereocenters. The van der Waals surface area contributed by atoms with Gasteiger partial charge in [0.15, 0.2) is 5.69 Å². The minimum Gasteiger partial charge on any atom is -0.476 e. The average molecular weight is 292 g/mol. The van der Waals surface area contributed by atoms with Crippen LogP contribution in [-0.4, -0.2) is 20.9 Å².